The van der Waals surface area contributed by atoms with Gasteiger partial charge >= 0.3 is 0 Å². The number of carbonyl (C=O) groups is 1. The summed E-state index contributed by atoms with van der Waals surface area (Å²) in [6, 6.07) is 7.53. The average molecular weight is 301 g/mol. The van der Waals surface area contributed by atoms with E-state index in [1.54, 1.807) is 0 Å². The van der Waals surface area contributed by atoms with Crippen LogP contribution >= 0.6 is 22.6 Å². The van der Waals surface area contributed by atoms with Crippen molar-refractivity contribution in [2.75, 3.05) is 0 Å². The van der Waals surface area contributed by atoms with Crippen LogP contribution in [0.2, 0.25) is 0 Å². The molecule has 3 heteroatoms. The first kappa shape index (κ1) is 11.5. The van der Waals surface area contributed by atoms with Crippen LogP contribution < -0.4 is 5.32 Å². The SMILES string of the molecule is CC(C)(C)NC(=O)c1ccc([125I])cc1. The Balaban J connectivity index is 2.76. The third kappa shape index (κ3) is 3.65. The topological polar surface area (TPSA) is 29.1 Å². The Morgan fingerprint density at radius 3 is 2.14 bits per heavy atom. The van der Waals surface area contributed by atoms with Crippen molar-refractivity contribution >= 4 is 28.5 Å². The maximum Gasteiger partial charge on any atom is 0.251 e. The van der Waals surface area contributed by atoms with Crippen LogP contribution in [0.25, 0.3) is 0 Å². The molecule has 0 atom stereocenters. The molecule has 0 fully saturated rings. The second kappa shape index (κ2) is 4.29. The van der Waals surface area contributed by atoms with Gasteiger partial charge in [0.2, 0.25) is 0 Å². The molecule has 2 nitrogen and oxygen atoms in total. The van der Waals surface area contributed by atoms with Gasteiger partial charge in [-0.2, -0.15) is 0 Å². The molecule has 0 bridgehead atoms. The van der Waals surface area contributed by atoms with Crippen LogP contribution in [-0.4, -0.2) is 11.4 Å². The van der Waals surface area contributed by atoms with Gasteiger partial charge in [-0.15, -0.1) is 0 Å². The van der Waals surface area contributed by atoms with Crippen molar-refractivity contribution in [1.29, 1.82) is 0 Å². The molecule has 0 saturated heterocycles. The molecule has 0 aliphatic heterocycles. The standard InChI is InChI=1S/C11H14INO/c1-11(2,3)13-10(14)8-4-6-9(12)7-5-8/h4-7H,1-3H3,(H,13,14)/i12-2. The lowest BCUT2D eigenvalue weighted by molar-refractivity contribution is 0.0919. The fourth-order valence-electron chi connectivity index (χ4n) is 1.01. The van der Waals surface area contributed by atoms with Crippen LogP contribution in [0.3, 0.4) is 0 Å². The van der Waals surface area contributed by atoms with E-state index in [0.717, 1.165) is 3.57 Å². The second-order valence-electron chi connectivity index (χ2n) is 4.21. The molecule has 0 heterocycles. The zero-order valence-corrected chi connectivity index (χ0v) is 10.8. The smallest absolute Gasteiger partial charge is 0.251 e. The molecule has 0 spiro atoms. The number of benzene rings is 1. The predicted octanol–water partition coefficient (Wildman–Crippen LogP) is 2.82. The fourth-order valence-corrected chi connectivity index (χ4v) is 1.37. The van der Waals surface area contributed by atoms with E-state index in [0.29, 0.717) is 5.56 Å². The third-order valence-electron chi connectivity index (χ3n) is 1.59. The molecule has 1 aromatic rings. The molecule has 0 aromatic heterocycles. The number of hydrogen-bond acceptors (Lipinski definition) is 1. The Kier molecular flexibility index (Phi) is 3.53. The highest BCUT2D eigenvalue weighted by Gasteiger charge is 2.14. The average Bonchev–Trinajstić information content (AvgIpc) is 2.02. The molecule has 76 valence electrons. The zero-order chi connectivity index (χ0) is 10.8. The summed E-state index contributed by atoms with van der Waals surface area (Å²) < 4.78 is 1.13. The monoisotopic (exact) mass is 301 g/mol. The summed E-state index contributed by atoms with van der Waals surface area (Å²) in [5.74, 6) is -0.0195. The predicted molar refractivity (Wildman–Crippen MR) is 66.4 cm³/mol. The number of rotatable bonds is 1. The first-order chi connectivity index (χ1) is 6.38. The van der Waals surface area contributed by atoms with Crippen molar-refractivity contribution in [3.63, 3.8) is 0 Å². The van der Waals surface area contributed by atoms with E-state index in [1.807, 2.05) is 45.0 Å². The van der Waals surface area contributed by atoms with Gasteiger partial charge < -0.3 is 5.32 Å². The fraction of sp³-hybridized carbons (Fsp3) is 0.364. The second-order valence-corrected chi connectivity index (χ2v) is 5.46. The first-order valence-electron chi connectivity index (χ1n) is 4.46. The Morgan fingerprint density at radius 1 is 1.21 bits per heavy atom. The van der Waals surface area contributed by atoms with Gasteiger partial charge in [0.15, 0.2) is 0 Å². The van der Waals surface area contributed by atoms with E-state index >= 15 is 0 Å². The zero-order valence-electron chi connectivity index (χ0n) is 8.60. The van der Waals surface area contributed by atoms with E-state index in [2.05, 4.69) is 27.9 Å². The summed E-state index contributed by atoms with van der Waals surface area (Å²) in [5, 5.41) is 2.91. The lowest BCUT2D eigenvalue weighted by Gasteiger charge is -2.20. The normalized spacial score (nSPS) is 11.1. The van der Waals surface area contributed by atoms with Crippen LogP contribution in [0, 0.1) is 3.57 Å². The van der Waals surface area contributed by atoms with Crippen molar-refractivity contribution < 1.29 is 4.79 Å². The highest BCUT2D eigenvalue weighted by atomic mass is 125. The minimum Gasteiger partial charge on any atom is -0.347 e. The number of hydrogen-bond donors (Lipinski definition) is 1. The molecule has 0 unspecified atom stereocenters. The van der Waals surface area contributed by atoms with Crippen LogP contribution in [0.15, 0.2) is 24.3 Å². The highest BCUT2D eigenvalue weighted by molar-refractivity contribution is 14.1. The molecule has 0 aliphatic carbocycles. The molecular weight excluding hydrogens is 287 g/mol. The van der Waals surface area contributed by atoms with Gasteiger partial charge in [-0.25, -0.2) is 0 Å². The van der Waals surface area contributed by atoms with Crippen LogP contribution in [0.5, 0.6) is 0 Å². The molecule has 14 heavy (non-hydrogen) atoms. The Morgan fingerprint density at radius 2 is 1.71 bits per heavy atom. The molecule has 0 saturated carbocycles. The minimum atomic E-state index is -0.180. The summed E-state index contributed by atoms with van der Waals surface area (Å²) in [4.78, 5) is 11.7. The van der Waals surface area contributed by atoms with E-state index in [-0.39, 0.29) is 11.4 Å². The molecule has 1 amide bonds. The molecule has 1 N–H and O–H groups in total. The van der Waals surface area contributed by atoms with Crippen LogP contribution in [0.1, 0.15) is 31.1 Å². The van der Waals surface area contributed by atoms with Crippen molar-refractivity contribution in [1.82, 2.24) is 5.32 Å². The first-order valence-corrected chi connectivity index (χ1v) is 5.54. The minimum absolute atomic E-state index is 0.0195. The Bertz CT molecular complexity index is 324. The summed E-state index contributed by atoms with van der Waals surface area (Å²) in [6.07, 6.45) is 0. The number of carbonyl (C=O) groups excluding carboxylic acids is 1. The van der Waals surface area contributed by atoms with Crippen molar-refractivity contribution in [2.24, 2.45) is 0 Å². The van der Waals surface area contributed by atoms with Crippen molar-refractivity contribution in [3.05, 3.63) is 33.4 Å². The van der Waals surface area contributed by atoms with Crippen molar-refractivity contribution in [3.8, 4) is 0 Å². The lowest BCUT2D eigenvalue weighted by Crippen LogP contribution is -2.40. The molecule has 1 rings (SSSR count). The van der Waals surface area contributed by atoms with Crippen LogP contribution in [0.4, 0.5) is 0 Å². The molecule has 1 aromatic carbocycles. The Labute approximate surface area is 98.2 Å². The summed E-state index contributed by atoms with van der Waals surface area (Å²) in [6.45, 7) is 5.91. The molecule has 0 aliphatic rings. The van der Waals surface area contributed by atoms with E-state index in [4.69, 9.17) is 0 Å². The van der Waals surface area contributed by atoms with E-state index < -0.39 is 0 Å². The maximum absolute atomic E-state index is 11.7. The van der Waals surface area contributed by atoms with Crippen molar-refractivity contribution in [2.45, 2.75) is 26.3 Å². The maximum atomic E-state index is 11.7. The van der Waals surface area contributed by atoms with Gasteiger partial charge in [0, 0.05) is 14.7 Å². The van der Waals surface area contributed by atoms with Gasteiger partial charge in [0.1, 0.15) is 0 Å². The number of amides is 1. The van der Waals surface area contributed by atoms with E-state index in [1.165, 1.54) is 0 Å². The van der Waals surface area contributed by atoms with E-state index in [9.17, 15) is 4.79 Å². The summed E-state index contributed by atoms with van der Waals surface area (Å²) >= 11 is 2.22. The van der Waals surface area contributed by atoms with Gasteiger partial charge in [0.25, 0.3) is 5.91 Å². The quantitative estimate of drug-likeness (QED) is 0.794. The third-order valence-corrected chi connectivity index (χ3v) is 2.31. The Hall–Kier alpha value is -0.580. The van der Waals surface area contributed by atoms with Gasteiger partial charge in [-0.1, -0.05) is 0 Å². The number of halogens is 1. The van der Waals surface area contributed by atoms with Gasteiger partial charge in [-0.05, 0) is 67.6 Å². The van der Waals surface area contributed by atoms with Gasteiger partial charge in [0.05, 0.1) is 0 Å². The molecule has 0 radical (unpaired) electrons. The number of nitrogens with one attached hydrogen (secondary N) is 1. The van der Waals surface area contributed by atoms with Gasteiger partial charge in [-0.3, -0.25) is 4.79 Å². The summed E-state index contributed by atoms with van der Waals surface area (Å²) in [7, 11) is 0. The lowest BCUT2D eigenvalue weighted by atomic mass is 10.1. The molecular formula is C11H14INO. The highest BCUT2D eigenvalue weighted by Crippen LogP contribution is 2.08. The largest absolute Gasteiger partial charge is 0.347 e. The summed E-state index contributed by atoms with van der Waals surface area (Å²) in [5.41, 5.74) is 0.528. The van der Waals surface area contributed by atoms with Crippen LogP contribution in [-0.2, 0) is 0 Å².